The van der Waals surface area contributed by atoms with Gasteiger partial charge in [0.2, 0.25) is 5.91 Å². The number of aromatic amines is 1. The minimum absolute atomic E-state index is 0.0872. The maximum atomic E-state index is 12.2. The number of nitrogens with zero attached hydrogens (tertiary/aromatic N) is 1. The van der Waals surface area contributed by atoms with E-state index in [2.05, 4.69) is 41.4 Å². The van der Waals surface area contributed by atoms with Crippen molar-refractivity contribution in [2.45, 2.75) is 52.2 Å². The first-order valence-corrected chi connectivity index (χ1v) is 6.66. The van der Waals surface area contributed by atoms with Gasteiger partial charge in [-0.05, 0) is 12.3 Å². The first-order valence-electron chi connectivity index (χ1n) is 6.66. The molecule has 2 rings (SSSR count). The smallest absolute Gasteiger partial charge is 0.237 e. The number of carbonyl (C=O) groups excluding carboxylic acids is 1. The van der Waals surface area contributed by atoms with Crippen LogP contribution in [0.4, 0.5) is 0 Å². The van der Waals surface area contributed by atoms with E-state index in [1.165, 1.54) is 0 Å². The maximum Gasteiger partial charge on any atom is 0.237 e. The van der Waals surface area contributed by atoms with Crippen LogP contribution in [-0.4, -0.2) is 28.0 Å². The van der Waals surface area contributed by atoms with Gasteiger partial charge in [-0.1, -0.05) is 20.8 Å². The van der Waals surface area contributed by atoms with Crippen molar-refractivity contribution >= 4 is 5.91 Å². The molecular formula is C13H22N4O. The zero-order valence-corrected chi connectivity index (χ0v) is 11.3. The van der Waals surface area contributed by atoms with E-state index in [-0.39, 0.29) is 18.0 Å². The van der Waals surface area contributed by atoms with Crippen LogP contribution in [0.2, 0.25) is 0 Å². The lowest BCUT2D eigenvalue weighted by Crippen LogP contribution is -2.51. The molecule has 1 aliphatic heterocycles. The molecule has 2 heterocycles. The van der Waals surface area contributed by atoms with Crippen molar-refractivity contribution in [3.63, 3.8) is 0 Å². The topological polar surface area (TPSA) is 69.8 Å². The molecule has 5 nitrogen and oxygen atoms in total. The van der Waals surface area contributed by atoms with Gasteiger partial charge in [-0.3, -0.25) is 10.1 Å². The zero-order chi connectivity index (χ0) is 13.1. The van der Waals surface area contributed by atoms with Crippen molar-refractivity contribution in [1.82, 2.24) is 20.6 Å². The van der Waals surface area contributed by atoms with Crippen LogP contribution in [-0.2, 0) is 17.8 Å². The summed E-state index contributed by atoms with van der Waals surface area (Å²) in [6, 6.07) is 0.0912. The molecule has 100 valence electrons. The summed E-state index contributed by atoms with van der Waals surface area (Å²) in [5.41, 5.74) is 2.10. The molecule has 3 N–H and O–H groups in total. The molecule has 1 aromatic heterocycles. The molecule has 2 atom stereocenters. The minimum Gasteiger partial charge on any atom is -0.352 e. The third-order valence-electron chi connectivity index (χ3n) is 3.62. The molecule has 18 heavy (non-hydrogen) atoms. The Morgan fingerprint density at radius 2 is 2.39 bits per heavy atom. The van der Waals surface area contributed by atoms with Gasteiger partial charge in [-0.25, -0.2) is 4.98 Å². The Morgan fingerprint density at radius 1 is 1.61 bits per heavy atom. The number of fused-ring (bicyclic) bond motifs is 1. The number of H-pyrrole nitrogens is 1. The van der Waals surface area contributed by atoms with E-state index < -0.39 is 0 Å². The molecule has 0 bridgehead atoms. The predicted octanol–water partition coefficient (Wildman–Crippen LogP) is 0.975. The number of amides is 1. The van der Waals surface area contributed by atoms with Gasteiger partial charge in [0, 0.05) is 19.0 Å². The third kappa shape index (κ3) is 2.72. The molecule has 0 aromatic carbocycles. The Morgan fingerprint density at radius 3 is 3.06 bits per heavy atom. The number of hydrogen-bond donors (Lipinski definition) is 3. The average molecular weight is 250 g/mol. The zero-order valence-electron chi connectivity index (χ0n) is 11.3. The summed E-state index contributed by atoms with van der Waals surface area (Å²) >= 11 is 0. The number of nitrogens with one attached hydrogen (secondary N) is 3. The van der Waals surface area contributed by atoms with Crippen molar-refractivity contribution in [2.75, 3.05) is 0 Å². The maximum absolute atomic E-state index is 12.2. The molecule has 0 saturated heterocycles. The van der Waals surface area contributed by atoms with Crippen LogP contribution in [0.5, 0.6) is 0 Å². The largest absolute Gasteiger partial charge is 0.352 e. The lowest BCUT2D eigenvalue weighted by atomic mass is 9.99. The Labute approximate surface area is 108 Å². The second-order valence-electron chi connectivity index (χ2n) is 5.23. The van der Waals surface area contributed by atoms with Crippen molar-refractivity contribution in [3.8, 4) is 0 Å². The van der Waals surface area contributed by atoms with Gasteiger partial charge in [0.15, 0.2) is 0 Å². The van der Waals surface area contributed by atoms with Crippen LogP contribution in [0.3, 0.4) is 0 Å². The van der Waals surface area contributed by atoms with Gasteiger partial charge in [0.25, 0.3) is 0 Å². The second kappa shape index (κ2) is 5.52. The highest BCUT2D eigenvalue weighted by Crippen LogP contribution is 2.13. The van der Waals surface area contributed by atoms with Crippen LogP contribution >= 0.6 is 0 Å². The van der Waals surface area contributed by atoms with Crippen LogP contribution in [0.1, 0.15) is 38.6 Å². The highest BCUT2D eigenvalue weighted by molar-refractivity contribution is 5.82. The molecule has 1 aromatic rings. The van der Waals surface area contributed by atoms with Crippen molar-refractivity contribution in [1.29, 1.82) is 0 Å². The number of rotatable bonds is 4. The molecule has 5 heteroatoms. The monoisotopic (exact) mass is 250 g/mol. The van der Waals surface area contributed by atoms with E-state index in [0.29, 0.717) is 18.9 Å². The summed E-state index contributed by atoms with van der Waals surface area (Å²) in [6.45, 7) is 7.06. The summed E-state index contributed by atoms with van der Waals surface area (Å²) in [5, 5.41) is 6.37. The van der Waals surface area contributed by atoms with Crippen molar-refractivity contribution in [3.05, 3.63) is 17.7 Å². The Hall–Kier alpha value is -1.36. The van der Waals surface area contributed by atoms with Gasteiger partial charge in [0.1, 0.15) is 0 Å². The minimum atomic E-state index is -0.159. The molecule has 2 unspecified atom stereocenters. The predicted molar refractivity (Wildman–Crippen MR) is 70.0 cm³/mol. The lowest BCUT2D eigenvalue weighted by molar-refractivity contribution is -0.124. The fourth-order valence-corrected chi connectivity index (χ4v) is 2.38. The van der Waals surface area contributed by atoms with Crippen LogP contribution in [0.25, 0.3) is 0 Å². The first-order chi connectivity index (χ1) is 8.61. The van der Waals surface area contributed by atoms with E-state index in [1.807, 2.05) is 0 Å². The fourth-order valence-electron chi connectivity index (χ4n) is 2.38. The highest BCUT2D eigenvalue weighted by atomic mass is 16.2. The first kappa shape index (κ1) is 13.1. The van der Waals surface area contributed by atoms with Gasteiger partial charge >= 0.3 is 0 Å². The number of carbonyl (C=O) groups is 1. The van der Waals surface area contributed by atoms with Gasteiger partial charge < -0.3 is 10.3 Å². The average Bonchev–Trinajstić information content (AvgIpc) is 2.82. The van der Waals surface area contributed by atoms with E-state index in [0.717, 1.165) is 17.8 Å². The quantitative estimate of drug-likeness (QED) is 0.746. The fraction of sp³-hybridized carbons (Fsp3) is 0.692. The molecule has 0 radical (unpaired) electrons. The summed E-state index contributed by atoms with van der Waals surface area (Å²) in [4.78, 5) is 19.5. The van der Waals surface area contributed by atoms with Crippen LogP contribution < -0.4 is 10.6 Å². The van der Waals surface area contributed by atoms with Gasteiger partial charge in [0.05, 0.1) is 23.8 Å². The molecular weight excluding hydrogens is 228 g/mol. The van der Waals surface area contributed by atoms with Crippen LogP contribution in [0, 0.1) is 5.92 Å². The van der Waals surface area contributed by atoms with Gasteiger partial charge in [-0.2, -0.15) is 0 Å². The van der Waals surface area contributed by atoms with Crippen LogP contribution in [0.15, 0.2) is 6.33 Å². The van der Waals surface area contributed by atoms with Gasteiger partial charge in [-0.15, -0.1) is 0 Å². The standard InChI is InChI=1S/C13H22N4O/c1-4-9(8(2)3)17-13(18)11-5-10-12(6-14-11)16-7-15-10/h7-9,11,14H,4-6H2,1-3H3,(H,15,16)(H,17,18). The third-order valence-corrected chi connectivity index (χ3v) is 3.62. The lowest BCUT2D eigenvalue weighted by Gasteiger charge is -2.26. The molecule has 1 aliphatic rings. The van der Waals surface area contributed by atoms with Crippen molar-refractivity contribution < 1.29 is 4.79 Å². The number of imidazole rings is 1. The Bertz CT molecular complexity index is 413. The summed E-state index contributed by atoms with van der Waals surface area (Å²) in [5.74, 6) is 0.549. The molecule has 0 spiro atoms. The normalized spacial score (nSPS) is 20.6. The number of hydrogen-bond acceptors (Lipinski definition) is 3. The summed E-state index contributed by atoms with van der Waals surface area (Å²) in [7, 11) is 0. The molecule has 1 amide bonds. The molecule has 0 aliphatic carbocycles. The SMILES string of the molecule is CCC(NC(=O)C1Cc2nc[nH]c2CN1)C(C)C. The van der Waals surface area contributed by atoms with E-state index >= 15 is 0 Å². The highest BCUT2D eigenvalue weighted by Gasteiger charge is 2.27. The number of aromatic nitrogens is 2. The summed E-state index contributed by atoms with van der Waals surface area (Å²) < 4.78 is 0. The Kier molecular flexibility index (Phi) is 4.01. The Balaban J connectivity index is 1.95. The van der Waals surface area contributed by atoms with E-state index in [9.17, 15) is 4.79 Å². The second-order valence-corrected chi connectivity index (χ2v) is 5.23. The summed E-state index contributed by atoms with van der Waals surface area (Å²) in [6.07, 6.45) is 3.32. The molecule has 0 saturated carbocycles. The van der Waals surface area contributed by atoms with E-state index in [1.54, 1.807) is 6.33 Å². The van der Waals surface area contributed by atoms with Crippen molar-refractivity contribution in [2.24, 2.45) is 5.92 Å². The van der Waals surface area contributed by atoms with E-state index in [4.69, 9.17) is 0 Å². The molecule has 0 fully saturated rings.